The maximum absolute atomic E-state index is 12.8. The lowest BCUT2D eigenvalue weighted by atomic mass is 10.2. The summed E-state index contributed by atoms with van der Waals surface area (Å²) in [5.74, 6) is -1.96. The highest BCUT2D eigenvalue weighted by Gasteiger charge is 2.21. The lowest BCUT2D eigenvalue weighted by Gasteiger charge is -2.20. The summed E-state index contributed by atoms with van der Waals surface area (Å²) < 4.78 is 12.8. The zero-order valence-electron chi connectivity index (χ0n) is 10.4. The van der Waals surface area contributed by atoms with Crippen molar-refractivity contribution < 1.29 is 14.0 Å². The van der Waals surface area contributed by atoms with E-state index >= 15 is 0 Å². The maximum Gasteiger partial charge on any atom is 0.316 e. The van der Waals surface area contributed by atoms with E-state index in [1.54, 1.807) is 6.92 Å². The second-order valence-electron chi connectivity index (χ2n) is 3.67. The molecule has 0 aromatic heterocycles. The third kappa shape index (κ3) is 4.29. The van der Waals surface area contributed by atoms with Crippen molar-refractivity contribution in [3.8, 4) is 0 Å². The molecule has 0 aliphatic heterocycles. The molecule has 0 atom stereocenters. The smallest absolute Gasteiger partial charge is 0.316 e. The molecule has 1 rings (SSSR count). The average Bonchev–Trinajstić information content (AvgIpc) is 2.38. The van der Waals surface area contributed by atoms with Gasteiger partial charge in [-0.15, -0.1) is 0 Å². The van der Waals surface area contributed by atoms with Crippen LogP contribution in [0.2, 0.25) is 0 Å². The molecule has 2 amide bonds. The molecule has 102 valence electrons. The molecule has 0 heterocycles. The van der Waals surface area contributed by atoms with E-state index < -0.39 is 17.6 Å². The average molecular weight is 283 g/mol. The zero-order chi connectivity index (χ0) is 14.4. The largest absolute Gasteiger partial charge is 0.392 e. The molecule has 0 saturated carbocycles. The summed E-state index contributed by atoms with van der Waals surface area (Å²) in [5.41, 5.74) is 5.67. The predicted molar refractivity (Wildman–Crippen MR) is 74.2 cm³/mol. The maximum atomic E-state index is 12.8. The number of nitrogens with two attached hydrogens (primary N) is 1. The number of amides is 2. The Bertz CT molecular complexity index is 490. The van der Waals surface area contributed by atoms with Crippen LogP contribution in [0, 0.1) is 5.82 Å². The van der Waals surface area contributed by atoms with Gasteiger partial charge in [0.05, 0.1) is 11.5 Å². The quantitative estimate of drug-likeness (QED) is 0.626. The Labute approximate surface area is 115 Å². The molecule has 0 bridgehead atoms. The van der Waals surface area contributed by atoms with Crippen molar-refractivity contribution >= 4 is 34.7 Å². The van der Waals surface area contributed by atoms with Crippen LogP contribution in [0.1, 0.15) is 6.92 Å². The van der Waals surface area contributed by atoms with Gasteiger partial charge >= 0.3 is 11.8 Å². The number of nitrogens with one attached hydrogen (secondary N) is 1. The van der Waals surface area contributed by atoms with Crippen LogP contribution in [0.4, 0.5) is 10.1 Å². The summed E-state index contributed by atoms with van der Waals surface area (Å²) in [6.45, 7) is 1.95. The van der Waals surface area contributed by atoms with Gasteiger partial charge < -0.3 is 16.0 Å². The second-order valence-corrected chi connectivity index (χ2v) is 4.20. The molecule has 1 aromatic rings. The Kier molecular flexibility index (Phi) is 5.37. The van der Waals surface area contributed by atoms with E-state index in [2.05, 4.69) is 17.5 Å². The molecule has 7 heteroatoms. The SMILES string of the molecule is CCN(C(=O)C(=O)NCC(N)=S)c1ccc(F)cc1. The molecular formula is C12H14FN3O2S. The van der Waals surface area contributed by atoms with Crippen molar-refractivity contribution in [2.45, 2.75) is 6.92 Å². The summed E-state index contributed by atoms with van der Waals surface area (Å²) in [7, 11) is 0. The Hall–Kier alpha value is -2.02. The molecule has 5 nitrogen and oxygen atoms in total. The van der Waals surface area contributed by atoms with Crippen LogP contribution in [0.3, 0.4) is 0 Å². The van der Waals surface area contributed by atoms with Crippen LogP contribution in [0.5, 0.6) is 0 Å². The number of carbonyl (C=O) groups excluding carboxylic acids is 2. The van der Waals surface area contributed by atoms with Crippen LogP contribution in [0.25, 0.3) is 0 Å². The summed E-state index contributed by atoms with van der Waals surface area (Å²) in [4.78, 5) is 24.8. The number of hydrogen-bond acceptors (Lipinski definition) is 3. The number of benzene rings is 1. The van der Waals surface area contributed by atoms with Gasteiger partial charge in [-0.3, -0.25) is 9.59 Å². The number of carbonyl (C=O) groups is 2. The highest BCUT2D eigenvalue weighted by molar-refractivity contribution is 7.80. The molecule has 0 fully saturated rings. The van der Waals surface area contributed by atoms with Crippen LogP contribution in [0.15, 0.2) is 24.3 Å². The molecule has 0 radical (unpaired) electrons. The highest BCUT2D eigenvalue weighted by atomic mass is 32.1. The standard InChI is InChI=1S/C12H14FN3O2S/c1-2-16(9-5-3-8(13)4-6-9)12(18)11(17)15-7-10(14)19/h3-6H,2,7H2,1H3,(H2,14,19)(H,15,17). The van der Waals surface area contributed by atoms with E-state index in [9.17, 15) is 14.0 Å². The van der Waals surface area contributed by atoms with Gasteiger partial charge in [0.2, 0.25) is 0 Å². The Morgan fingerprint density at radius 3 is 2.42 bits per heavy atom. The van der Waals surface area contributed by atoms with Crippen LogP contribution >= 0.6 is 12.2 Å². The second kappa shape index (κ2) is 6.79. The number of rotatable bonds is 4. The summed E-state index contributed by atoms with van der Waals surface area (Å²) in [5, 5.41) is 2.31. The first kappa shape index (κ1) is 15.0. The van der Waals surface area contributed by atoms with Gasteiger partial charge in [0.1, 0.15) is 5.82 Å². The van der Waals surface area contributed by atoms with E-state index in [0.717, 1.165) is 0 Å². The Morgan fingerprint density at radius 2 is 1.95 bits per heavy atom. The van der Waals surface area contributed by atoms with Crippen molar-refractivity contribution in [2.24, 2.45) is 5.73 Å². The number of halogens is 1. The van der Waals surface area contributed by atoms with E-state index in [1.165, 1.54) is 29.2 Å². The molecule has 0 spiro atoms. The Balaban J connectivity index is 2.79. The molecule has 0 unspecified atom stereocenters. The monoisotopic (exact) mass is 283 g/mol. The van der Waals surface area contributed by atoms with Crippen LogP contribution in [-0.2, 0) is 9.59 Å². The molecular weight excluding hydrogens is 269 g/mol. The molecule has 19 heavy (non-hydrogen) atoms. The first-order valence-corrected chi connectivity index (χ1v) is 6.00. The van der Waals surface area contributed by atoms with Gasteiger partial charge in [0.15, 0.2) is 0 Å². The zero-order valence-corrected chi connectivity index (χ0v) is 11.2. The van der Waals surface area contributed by atoms with E-state index in [1.807, 2.05) is 0 Å². The predicted octanol–water partition coefficient (Wildman–Crippen LogP) is 0.581. The minimum atomic E-state index is -0.807. The fourth-order valence-electron chi connectivity index (χ4n) is 1.43. The van der Waals surface area contributed by atoms with E-state index in [-0.39, 0.29) is 18.1 Å². The van der Waals surface area contributed by atoms with Crippen LogP contribution < -0.4 is 16.0 Å². The third-order valence-corrected chi connectivity index (χ3v) is 2.46. The lowest BCUT2D eigenvalue weighted by Crippen LogP contribution is -2.45. The minimum Gasteiger partial charge on any atom is -0.392 e. The van der Waals surface area contributed by atoms with Gasteiger partial charge in [-0.2, -0.15) is 0 Å². The fraction of sp³-hybridized carbons (Fsp3) is 0.250. The summed E-state index contributed by atoms with van der Waals surface area (Å²) >= 11 is 4.60. The van der Waals surface area contributed by atoms with Crippen molar-refractivity contribution in [3.63, 3.8) is 0 Å². The van der Waals surface area contributed by atoms with Gasteiger partial charge in [-0.25, -0.2) is 4.39 Å². The number of likely N-dealkylation sites (N-methyl/N-ethyl adjacent to an activating group) is 1. The molecule has 0 aliphatic carbocycles. The van der Waals surface area contributed by atoms with Crippen molar-refractivity contribution in [1.29, 1.82) is 0 Å². The van der Waals surface area contributed by atoms with Crippen molar-refractivity contribution in [2.75, 3.05) is 18.0 Å². The third-order valence-electron chi connectivity index (χ3n) is 2.32. The van der Waals surface area contributed by atoms with Gasteiger partial charge in [-0.1, -0.05) is 12.2 Å². The first-order valence-electron chi connectivity index (χ1n) is 5.59. The number of anilines is 1. The molecule has 0 saturated heterocycles. The van der Waals surface area contributed by atoms with Crippen molar-refractivity contribution in [3.05, 3.63) is 30.1 Å². The number of hydrogen-bond donors (Lipinski definition) is 2. The topological polar surface area (TPSA) is 75.4 Å². The van der Waals surface area contributed by atoms with Gasteiger partial charge in [0, 0.05) is 12.2 Å². The van der Waals surface area contributed by atoms with Gasteiger partial charge in [-0.05, 0) is 31.2 Å². The normalized spacial score (nSPS) is 9.79. The molecule has 0 aliphatic rings. The lowest BCUT2D eigenvalue weighted by molar-refractivity contribution is -0.137. The minimum absolute atomic E-state index is 0.0408. The van der Waals surface area contributed by atoms with Gasteiger partial charge in [0.25, 0.3) is 0 Å². The van der Waals surface area contributed by atoms with Crippen LogP contribution in [-0.4, -0.2) is 29.9 Å². The molecule has 3 N–H and O–H groups in total. The summed E-state index contributed by atoms with van der Waals surface area (Å²) in [6.07, 6.45) is 0. The Morgan fingerprint density at radius 1 is 1.37 bits per heavy atom. The molecule has 1 aromatic carbocycles. The summed E-state index contributed by atoms with van der Waals surface area (Å²) in [6, 6.07) is 5.30. The number of thiocarbonyl (C=S) groups is 1. The van der Waals surface area contributed by atoms with E-state index in [0.29, 0.717) is 5.69 Å². The number of nitrogens with zero attached hydrogens (tertiary/aromatic N) is 1. The first-order chi connectivity index (χ1) is 8.95. The van der Waals surface area contributed by atoms with E-state index in [4.69, 9.17) is 5.73 Å². The van der Waals surface area contributed by atoms with Crippen molar-refractivity contribution in [1.82, 2.24) is 5.32 Å². The highest BCUT2D eigenvalue weighted by Crippen LogP contribution is 2.14. The fourth-order valence-corrected chi connectivity index (χ4v) is 1.50.